The first-order chi connectivity index (χ1) is 8.00. The van der Waals surface area contributed by atoms with Gasteiger partial charge in [-0.1, -0.05) is 19.3 Å². The van der Waals surface area contributed by atoms with Gasteiger partial charge in [-0.15, -0.1) is 0 Å². The molecule has 2 rings (SSSR count). The van der Waals surface area contributed by atoms with Crippen molar-refractivity contribution in [2.24, 2.45) is 17.8 Å². The molecule has 0 amide bonds. The first kappa shape index (κ1) is 13.2. The van der Waals surface area contributed by atoms with Gasteiger partial charge >= 0.3 is 6.18 Å². The van der Waals surface area contributed by atoms with Crippen LogP contribution in [-0.4, -0.2) is 19.3 Å². The number of nitrogens with one attached hydrogen (secondary N) is 1. The molecule has 0 saturated heterocycles. The minimum absolute atomic E-state index is 0.223. The van der Waals surface area contributed by atoms with Crippen LogP contribution in [0.5, 0.6) is 0 Å². The van der Waals surface area contributed by atoms with E-state index >= 15 is 0 Å². The Morgan fingerprint density at radius 1 is 1.18 bits per heavy atom. The summed E-state index contributed by atoms with van der Waals surface area (Å²) in [6.45, 7) is 0. The van der Waals surface area contributed by atoms with E-state index < -0.39 is 12.1 Å². The van der Waals surface area contributed by atoms with Crippen molar-refractivity contribution in [3.8, 4) is 0 Å². The van der Waals surface area contributed by atoms with Gasteiger partial charge < -0.3 is 5.32 Å². The molecule has 0 spiro atoms. The van der Waals surface area contributed by atoms with Crippen LogP contribution in [0.25, 0.3) is 0 Å². The van der Waals surface area contributed by atoms with Crippen molar-refractivity contribution in [2.75, 3.05) is 7.05 Å². The molecule has 2 fully saturated rings. The van der Waals surface area contributed by atoms with Crippen LogP contribution in [0.3, 0.4) is 0 Å². The summed E-state index contributed by atoms with van der Waals surface area (Å²) in [6.07, 6.45) is 1.99. The molecular formula is C13H22F3N. The standard InChI is InChI=1S/C13H22F3N/c1-17-12(7-9-5-6-9)10-3-2-4-11(8-10)13(14,15)16/h9-12,17H,2-8H2,1H3. The van der Waals surface area contributed by atoms with Crippen molar-refractivity contribution >= 4 is 0 Å². The topological polar surface area (TPSA) is 12.0 Å². The zero-order chi connectivity index (χ0) is 12.5. The molecule has 0 aromatic carbocycles. The summed E-state index contributed by atoms with van der Waals surface area (Å²) >= 11 is 0. The van der Waals surface area contributed by atoms with E-state index in [0.717, 1.165) is 25.2 Å². The number of rotatable bonds is 4. The lowest BCUT2D eigenvalue weighted by atomic mass is 9.76. The molecule has 0 aliphatic heterocycles. The third kappa shape index (κ3) is 3.60. The molecule has 2 aliphatic carbocycles. The third-order valence-electron chi connectivity index (χ3n) is 4.40. The number of hydrogen-bond donors (Lipinski definition) is 1. The van der Waals surface area contributed by atoms with Gasteiger partial charge in [0.2, 0.25) is 0 Å². The molecule has 0 heterocycles. The van der Waals surface area contributed by atoms with E-state index in [2.05, 4.69) is 5.32 Å². The fraction of sp³-hybridized carbons (Fsp3) is 1.00. The van der Waals surface area contributed by atoms with E-state index in [4.69, 9.17) is 0 Å². The SMILES string of the molecule is CNC(CC1CC1)C1CCCC(C(F)(F)F)C1. The maximum atomic E-state index is 12.7. The summed E-state index contributed by atoms with van der Waals surface area (Å²) in [5.41, 5.74) is 0. The second kappa shape index (κ2) is 5.17. The molecule has 4 heteroatoms. The highest BCUT2D eigenvalue weighted by Gasteiger charge is 2.43. The van der Waals surface area contributed by atoms with Crippen LogP contribution in [0.1, 0.15) is 44.9 Å². The molecule has 3 unspecified atom stereocenters. The molecule has 2 saturated carbocycles. The van der Waals surface area contributed by atoms with Crippen molar-refractivity contribution in [2.45, 2.75) is 57.2 Å². The van der Waals surface area contributed by atoms with E-state index in [1.54, 1.807) is 0 Å². The normalized spacial score (nSPS) is 32.5. The van der Waals surface area contributed by atoms with E-state index in [1.807, 2.05) is 7.05 Å². The number of halogens is 3. The summed E-state index contributed by atoms with van der Waals surface area (Å²) in [5, 5.41) is 3.25. The van der Waals surface area contributed by atoms with E-state index in [-0.39, 0.29) is 5.92 Å². The van der Waals surface area contributed by atoms with E-state index in [9.17, 15) is 13.2 Å². The van der Waals surface area contributed by atoms with Crippen LogP contribution < -0.4 is 5.32 Å². The van der Waals surface area contributed by atoms with Gasteiger partial charge in [0.15, 0.2) is 0 Å². The third-order valence-corrected chi connectivity index (χ3v) is 4.40. The van der Waals surface area contributed by atoms with E-state index in [0.29, 0.717) is 18.9 Å². The number of alkyl halides is 3. The predicted octanol–water partition coefficient (Wildman–Crippen LogP) is 3.74. The molecule has 0 aromatic heterocycles. The van der Waals surface area contributed by atoms with E-state index in [1.165, 1.54) is 12.8 Å². The summed E-state index contributed by atoms with van der Waals surface area (Å²) in [7, 11) is 1.89. The van der Waals surface area contributed by atoms with Crippen molar-refractivity contribution < 1.29 is 13.2 Å². The molecule has 3 atom stereocenters. The quantitative estimate of drug-likeness (QED) is 0.800. The second-order valence-electron chi connectivity index (χ2n) is 5.74. The Morgan fingerprint density at radius 2 is 1.88 bits per heavy atom. The summed E-state index contributed by atoms with van der Waals surface area (Å²) in [6, 6.07) is 0.299. The Kier molecular flexibility index (Phi) is 4.01. The molecule has 0 bridgehead atoms. The lowest BCUT2D eigenvalue weighted by Gasteiger charge is -2.35. The van der Waals surface area contributed by atoms with Gasteiger partial charge in [0.1, 0.15) is 0 Å². The highest BCUT2D eigenvalue weighted by Crippen LogP contribution is 2.43. The van der Waals surface area contributed by atoms with Crippen molar-refractivity contribution in [1.82, 2.24) is 5.32 Å². The minimum Gasteiger partial charge on any atom is -0.317 e. The van der Waals surface area contributed by atoms with Crippen molar-refractivity contribution in [3.05, 3.63) is 0 Å². The summed E-state index contributed by atoms with van der Waals surface area (Å²) < 4.78 is 38.2. The largest absolute Gasteiger partial charge is 0.391 e. The molecule has 17 heavy (non-hydrogen) atoms. The Balaban J connectivity index is 1.90. The Labute approximate surface area is 101 Å². The molecular weight excluding hydrogens is 227 g/mol. The fourth-order valence-electron chi connectivity index (χ4n) is 3.15. The van der Waals surface area contributed by atoms with Crippen LogP contribution in [0.15, 0.2) is 0 Å². The average Bonchev–Trinajstić information content (AvgIpc) is 3.09. The Hall–Kier alpha value is -0.250. The Morgan fingerprint density at radius 3 is 2.41 bits per heavy atom. The lowest BCUT2D eigenvalue weighted by molar-refractivity contribution is -0.186. The Bertz CT molecular complexity index is 248. The predicted molar refractivity (Wildman–Crippen MR) is 61.7 cm³/mol. The highest BCUT2D eigenvalue weighted by molar-refractivity contribution is 4.88. The van der Waals surface area contributed by atoms with Crippen LogP contribution >= 0.6 is 0 Å². The lowest BCUT2D eigenvalue weighted by Crippen LogP contribution is -2.39. The maximum Gasteiger partial charge on any atom is 0.391 e. The minimum atomic E-state index is -3.99. The molecule has 1 nitrogen and oxygen atoms in total. The first-order valence-corrected chi connectivity index (χ1v) is 6.74. The monoisotopic (exact) mass is 249 g/mol. The molecule has 1 N–H and O–H groups in total. The van der Waals surface area contributed by atoms with Gasteiger partial charge in [-0.25, -0.2) is 0 Å². The smallest absolute Gasteiger partial charge is 0.317 e. The van der Waals surface area contributed by atoms with Gasteiger partial charge in [-0.2, -0.15) is 13.2 Å². The van der Waals surface area contributed by atoms with Gasteiger partial charge in [0, 0.05) is 6.04 Å². The zero-order valence-corrected chi connectivity index (χ0v) is 10.4. The second-order valence-corrected chi connectivity index (χ2v) is 5.74. The van der Waals surface area contributed by atoms with Crippen molar-refractivity contribution in [1.29, 1.82) is 0 Å². The molecule has 2 aliphatic rings. The maximum absolute atomic E-state index is 12.7. The first-order valence-electron chi connectivity index (χ1n) is 6.74. The summed E-state index contributed by atoms with van der Waals surface area (Å²) in [4.78, 5) is 0. The van der Waals surface area contributed by atoms with Crippen LogP contribution in [0, 0.1) is 17.8 Å². The van der Waals surface area contributed by atoms with Crippen LogP contribution in [0.2, 0.25) is 0 Å². The van der Waals surface area contributed by atoms with Crippen LogP contribution in [0.4, 0.5) is 13.2 Å². The van der Waals surface area contributed by atoms with Gasteiger partial charge in [-0.05, 0) is 44.6 Å². The fourth-order valence-corrected chi connectivity index (χ4v) is 3.15. The molecule has 100 valence electrons. The highest BCUT2D eigenvalue weighted by atomic mass is 19.4. The zero-order valence-electron chi connectivity index (χ0n) is 10.4. The van der Waals surface area contributed by atoms with Gasteiger partial charge in [0.05, 0.1) is 5.92 Å². The molecule has 0 radical (unpaired) electrons. The van der Waals surface area contributed by atoms with Crippen molar-refractivity contribution in [3.63, 3.8) is 0 Å². The van der Waals surface area contributed by atoms with Gasteiger partial charge in [0.25, 0.3) is 0 Å². The number of hydrogen-bond acceptors (Lipinski definition) is 1. The molecule has 0 aromatic rings. The average molecular weight is 249 g/mol. The summed E-state index contributed by atoms with van der Waals surface area (Å²) in [5.74, 6) is -0.0593. The van der Waals surface area contributed by atoms with Crippen LogP contribution in [-0.2, 0) is 0 Å². The van der Waals surface area contributed by atoms with Gasteiger partial charge in [-0.3, -0.25) is 0 Å².